The average Bonchev–Trinajstić information content (AvgIpc) is 3.06. The maximum Gasteiger partial charge on any atom is 0.410 e. The molecule has 1 saturated heterocycles. The van der Waals surface area contributed by atoms with Crippen molar-refractivity contribution < 1.29 is 18.8 Å². The Hall–Kier alpha value is -2.08. The molecule has 2 aliphatic heterocycles. The first-order valence-electron chi connectivity index (χ1n) is 10.0. The van der Waals surface area contributed by atoms with Gasteiger partial charge in [0.15, 0.2) is 5.76 Å². The van der Waals surface area contributed by atoms with Gasteiger partial charge in [0.2, 0.25) is 0 Å². The average molecular weight is 390 g/mol. The highest BCUT2D eigenvalue weighted by atomic mass is 19.1. The molecule has 0 saturated carbocycles. The lowest BCUT2D eigenvalue weighted by molar-refractivity contribution is -0.113. The summed E-state index contributed by atoms with van der Waals surface area (Å²) in [6.45, 7) is 8.32. The maximum absolute atomic E-state index is 14.2. The zero-order valence-electron chi connectivity index (χ0n) is 17.5. The number of hydroxylamine groups is 2. The number of carbonyl (C=O) groups excluding carboxylic acids is 1. The summed E-state index contributed by atoms with van der Waals surface area (Å²) >= 11 is 0. The van der Waals surface area contributed by atoms with Crippen LogP contribution < -0.4 is 0 Å². The van der Waals surface area contributed by atoms with Gasteiger partial charge in [-0.15, -0.1) is 5.06 Å². The van der Waals surface area contributed by atoms with Gasteiger partial charge in [0.25, 0.3) is 0 Å². The molecular formula is C22H31FN2O3. The number of halogens is 1. The van der Waals surface area contributed by atoms with Crippen LogP contribution in [0.25, 0.3) is 5.76 Å². The van der Waals surface area contributed by atoms with Crippen LogP contribution in [0, 0.1) is 12.7 Å². The lowest BCUT2D eigenvalue weighted by Gasteiger charge is -2.36. The van der Waals surface area contributed by atoms with E-state index in [4.69, 9.17) is 9.57 Å². The molecule has 154 valence electrons. The Morgan fingerprint density at radius 1 is 1.32 bits per heavy atom. The van der Waals surface area contributed by atoms with Crippen LogP contribution in [0.4, 0.5) is 9.18 Å². The van der Waals surface area contributed by atoms with Crippen molar-refractivity contribution in [2.75, 3.05) is 13.6 Å². The van der Waals surface area contributed by atoms with E-state index < -0.39 is 5.60 Å². The first-order chi connectivity index (χ1) is 13.1. The van der Waals surface area contributed by atoms with Crippen molar-refractivity contribution in [2.24, 2.45) is 0 Å². The summed E-state index contributed by atoms with van der Waals surface area (Å²) in [6, 6.07) is 5.29. The van der Waals surface area contributed by atoms with Gasteiger partial charge < -0.3 is 14.5 Å². The quantitative estimate of drug-likeness (QED) is 0.736. The number of likely N-dealkylation sites (tertiary alicyclic amines) is 1. The van der Waals surface area contributed by atoms with Gasteiger partial charge in [0.05, 0.1) is 11.6 Å². The van der Waals surface area contributed by atoms with Gasteiger partial charge in [0, 0.05) is 19.6 Å². The minimum absolute atomic E-state index is 0.129. The third-order valence-corrected chi connectivity index (χ3v) is 5.27. The summed E-state index contributed by atoms with van der Waals surface area (Å²) < 4.78 is 19.7. The molecule has 0 bridgehead atoms. The van der Waals surface area contributed by atoms with Crippen LogP contribution in [-0.4, -0.2) is 47.3 Å². The summed E-state index contributed by atoms with van der Waals surface area (Å²) in [5.74, 6) is 0.269. The number of amides is 1. The molecule has 2 atom stereocenters. The lowest BCUT2D eigenvalue weighted by Crippen LogP contribution is -2.44. The molecule has 0 aliphatic carbocycles. The number of aryl methyl sites for hydroxylation is 1. The van der Waals surface area contributed by atoms with Crippen LogP contribution in [0.1, 0.15) is 57.6 Å². The topological polar surface area (TPSA) is 42.0 Å². The smallest absolute Gasteiger partial charge is 0.410 e. The number of benzene rings is 1. The minimum atomic E-state index is -0.496. The van der Waals surface area contributed by atoms with E-state index in [1.54, 1.807) is 17.2 Å². The van der Waals surface area contributed by atoms with Crippen molar-refractivity contribution in [1.29, 1.82) is 0 Å². The molecule has 2 heterocycles. The molecule has 0 aromatic heterocycles. The third kappa shape index (κ3) is 4.85. The molecule has 1 amide bonds. The molecule has 2 unspecified atom stereocenters. The molecule has 0 radical (unpaired) electrons. The van der Waals surface area contributed by atoms with E-state index >= 15 is 0 Å². The van der Waals surface area contributed by atoms with Gasteiger partial charge in [-0.2, -0.15) is 0 Å². The SMILES string of the molecule is Cc1ccc(F)c(C2=CCC(CC3CCCN3C(=O)OC(C)(C)C)N(C)O2)c1. The highest BCUT2D eigenvalue weighted by Crippen LogP contribution is 2.32. The third-order valence-electron chi connectivity index (χ3n) is 5.27. The van der Waals surface area contributed by atoms with Crippen molar-refractivity contribution in [3.05, 3.63) is 41.2 Å². The highest BCUT2D eigenvalue weighted by Gasteiger charge is 2.35. The minimum Gasteiger partial charge on any atom is -0.444 e. The Kier molecular flexibility index (Phi) is 5.98. The van der Waals surface area contributed by atoms with Gasteiger partial charge >= 0.3 is 6.09 Å². The summed E-state index contributed by atoms with van der Waals surface area (Å²) in [5.41, 5.74) is 0.982. The largest absolute Gasteiger partial charge is 0.444 e. The number of hydrogen-bond acceptors (Lipinski definition) is 4. The van der Waals surface area contributed by atoms with Gasteiger partial charge in [-0.1, -0.05) is 11.6 Å². The fourth-order valence-electron chi connectivity index (χ4n) is 3.85. The van der Waals surface area contributed by atoms with Crippen molar-refractivity contribution in [2.45, 2.75) is 71.1 Å². The van der Waals surface area contributed by atoms with E-state index in [2.05, 4.69) is 0 Å². The van der Waals surface area contributed by atoms with E-state index in [0.29, 0.717) is 11.3 Å². The van der Waals surface area contributed by atoms with Crippen molar-refractivity contribution in [1.82, 2.24) is 9.96 Å². The Morgan fingerprint density at radius 3 is 2.75 bits per heavy atom. The molecule has 1 aromatic carbocycles. The predicted octanol–water partition coefficient (Wildman–Crippen LogP) is 4.90. The summed E-state index contributed by atoms with van der Waals surface area (Å²) in [7, 11) is 1.87. The number of ether oxygens (including phenoxy) is 1. The van der Waals surface area contributed by atoms with Crippen LogP contribution in [0.15, 0.2) is 24.3 Å². The monoisotopic (exact) mass is 390 g/mol. The second-order valence-corrected chi connectivity index (χ2v) is 8.78. The summed E-state index contributed by atoms with van der Waals surface area (Å²) in [4.78, 5) is 20.3. The number of rotatable bonds is 3. The Morgan fingerprint density at radius 2 is 2.07 bits per heavy atom. The highest BCUT2D eigenvalue weighted by molar-refractivity contribution is 5.69. The van der Waals surface area contributed by atoms with Crippen LogP contribution >= 0.6 is 0 Å². The van der Waals surface area contributed by atoms with E-state index in [9.17, 15) is 9.18 Å². The Bertz CT molecular complexity index is 757. The first-order valence-corrected chi connectivity index (χ1v) is 10.0. The van der Waals surface area contributed by atoms with Crippen molar-refractivity contribution in [3.63, 3.8) is 0 Å². The van der Waals surface area contributed by atoms with Gasteiger partial charge in [-0.3, -0.25) is 0 Å². The van der Waals surface area contributed by atoms with E-state index in [1.165, 1.54) is 6.07 Å². The van der Waals surface area contributed by atoms with Crippen LogP contribution in [0.5, 0.6) is 0 Å². The second-order valence-electron chi connectivity index (χ2n) is 8.78. The molecule has 5 nitrogen and oxygen atoms in total. The molecule has 0 spiro atoms. The zero-order chi connectivity index (χ0) is 20.5. The Balaban J connectivity index is 1.66. The van der Waals surface area contributed by atoms with E-state index in [-0.39, 0.29) is 24.0 Å². The van der Waals surface area contributed by atoms with Crippen LogP contribution in [0.3, 0.4) is 0 Å². The first kappa shape index (κ1) is 20.6. The molecule has 6 heteroatoms. The van der Waals surface area contributed by atoms with Gasteiger partial charge in [-0.25, -0.2) is 9.18 Å². The molecule has 0 N–H and O–H groups in total. The summed E-state index contributed by atoms with van der Waals surface area (Å²) in [6.07, 6.45) is 5.21. The van der Waals surface area contributed by atoms with E-state index in [1.807, 2.05) is 45.7 Å². The summed E-state index contributed by atoms with van der Waals surface area (Å²) in [5, 5.41) is 1.79. The molecule has 3 rings (SSSR count). The number of nitrogens with zero attached hydrogens (tertiary/aromatic N) is 2. The molecule has 28 heavy (non-hydrogen) atoms. The standard InChI is InChI=1S/C22H31FN2O3/c1-15-8-10-19(23)18(13-15)20-11-9-16(24(5)28-20)14-17-7-6-12-25(17)21(26)27-22(2,3)4/h8,10-11,13,16-17H,6-7,9,12,14H2,1-5H3. The van der Waals surface area contributed by atoms with Crippen LogP contribution in [0.2, 0.25) is 0 Å². The van der Waals surface area contributed by atoms with Gasteiger partial charge in [0.1, 0.15) is 11.4 Å². The fraction of sp³-hybridized carbons (Fsp3) is 0.591. The van der Waals surface area contributed by atoms with Crippen molar-refractivity contribution >= 4 is 11.9 Å². The lowest BCUT2D eigenvalue weighted by atomic mass is 9.99. The van der Waals surface area contributed by atoms with Crippen molar-refractivity contribution in [3.8, 4) is 0 Å². The Labute approximate surface area is 167 Å². The number of hydrogen-bond donors (Lipinski definition) is 0. The van der Waals surface area contributed by atoms with Crippen LogP contribution in [-0.2, 0) is 9.57 Å². The molecule has 1 aromatic rings. The molecular weight excluding hydrogens is 359 g/mol. The zero-order valence-corrected chi connectivity index (χ0v) is 17.5. The fourth-order valence-corrected chi connectivity index (χ4v) is 3.85. The number of carbonyl (C=O) groups is 1. The molecule has 1 fully saturated rings. The second kappa shape index (κ2) is 8.11. The predicted molar refractivity (Wildman–Crippen MR) is 107 cm³/mol. The normalized spacial score (nSPS) is 23.4. The maximum atomic E-state index is 14.2. The van der Waals surface area contributed by atoms with Gasteiger partial charge in [-0.05, 0) is 71.6 Å². The van der Waals surface area contributed by atoms with E-state index in [0.717, 1.165) is 37.8 Å². The molecule has 2 aliphatic rings.